The third kappa shape index (κ3) is 2.74. The maximum Gasteiger partial charge on any atom is 0.241 e. The van der Waals surface area contributed by atoms with Gasteiger partial charge in [-0.2, -0.15) is 0 Å². The van der Waals surface area contributed by atoms with E-state index in [9.17, 15) is 4.79 Å². The highest BCUT2D eigenvalue weighted by atomic mass is 16.2. The van der Waals surface area contributed by atoms with E-state index in [1.54, 1.807) is 0 Å². The third-order valence-electron chi connectivity index (χ3n) is 5.26. The Morgan fingerprint density at radius 1 is 1.15 bits per heavy atom. The van der Waals surface area contributed by atoms with Gasteiger partial charge in [-0.1, -0.05) is 54.4 Å². The van der Waals surface area contributed by atoms with Crippen molar-refractivity contribution in [3.8, 4) is 0 Å². The van der Waals surface area contributed by atoms with Crippen molar-refractivity contribution in [1.82, 2.24) is 10.2 Å². The Hall–Kier alpha value is -0.570. The molecule has 0 bridgehead atoms. The van der Waals surface area contributed by atoms with E-state index in [1.165, 1.54) is 19.3 Å². The van der Waals surface area contributed by atoms with Crippen LogP contribution in [0.1, 0.15) is 67.2 Å². The van der Waals surface area contributed by atoms with Gasteiger partial charge in [-0.25, -0.2) is 0 Å². The van der Waals surface area contributed by atoms with Crippen LogP contribution >= 0.6 is 0 Å². The summed E-state index contributed by atoms with van der Waals surface area (Å²) >= 11 is 0. The molecular weight excluding hydrogens is 248 g/mol. The molecule has 3 heteroatoms. The van der Waals surface area contributed by atoms with Crippen LogP contribution in [0.4, 0.5) is 0 Å². The van der Waals surface area contributed by atoms with Crippen LogP contribution in [0.3, 0.4) is 0 Å². The standard InChI is InChI=1S/C17H32N2O/c1-11(2)14-16(20)19(15(18-14)12(3)4)13-9-7-8-10-17(13,5)6/h11-15,18H,7-10H2,1-6H3. The van der Waals surface area contributed by atoms with Gasteiger partial charge in [-0.15, -0.1) is 0 Å². The van der Waals surface area contributed by atoms with Crippen molar-refractivity contribution < 1.29 is 4.79 Å². The molecule has 1 saturated carbocycles. The Kier molecular flexibility index (Phi) is 4.48. The van der Waals surface area contributed by atoms with Gasteiger partial charge in [0.2, 0.25) is 5.91 Å². The number of hydrogen-bond donors (Lipinski definition) is 1. The van der Waals surface area contributed by atoms with Crippen molar-refractivity contribution in [3.63, 3.8) is 0 Å². The molecule has 3 atom stereocenters. The summed E-state index contributed by atoms with van der Waals surface area (Å²) in [6, 6.07) is 0.396. The van der Waals surface area contributed by atoms with Crippen LogP contribution in [0.2, 0.25) is 0 Å². The number of rotatable bonds is 3. The summed E-state index contributed by atoms with van der Waals surface area (Å²) in [7, 11) is 0. The number of nitrogens with zero attached hydrogens (tertiary/aromatic N) is 1. The van der Waals surface area contributed by atoms with Crippen LogP contribution in [-0.2, 0) is 4.79 Å². The highest BCUT2D eigenvalue weighted by Crippen LogP contribution is 2.41. The largest absolute Gasteiger partial charge is 0.322 e. The first-order chi connectivity index (χ1) is 9.25. The first-order valence-electron chi connectivity index (χ1n) is 8.34. The fourth-order valence-electron chi connectivity index (χ4n) is 3.96. The lowest BCUT2D eigenvalue weighted by Gasteiger charge is -2.46. The zero-order chi connectivity index (χ0) is 15.1. The van der Waals surface area contributed by atoms with Crippen LogP contribution in [0.25, 0.3) is 0 Å². The molecule has 3 unspecified atom stereocenters. The Morgan fingerprint density at radius 3 is 2.30 bits per heavy atom. The van der Waals surface area contributed by atoms with Gasteiger partial charge in [0.1, 0.15) is 0 Å². The lowest BCUT2D eigenvalue weighted by molar-refractivity contribution is -0.137. The summed E-state index contributed by atoms with van der Waals surface area (Å²) in [5.41, 5.74) is 0.245. The van der Waals surface area contributed by atoms with Gasteiger partial charge in [0, 0.05) is 6.04 Å². The Balaban J connectivity index is 2.28. The molecule has 0 aromatic carbocycles. The first kappa shape index (κ1) is 15.8. The molecule has 0 radical (unpaired) electrons. The van der Waals surface area contributed by atoms with Crippen LogP contribution in [0.15, 0.2) is 0 Å². The zero-order valence-electron chi connectivity index (χ0n) is 14.1. The minimum absolute atomic E-state index is 0.000117. The monoisotopic (exact) mass is 280 g/mol. The maximum absolute atomic E-state index is 12.9. The van der Waals surface area contributed by atoms with E-state index < -0.39 is 0 Å². The second kappa shape index (κ2) is 5.67. The van der Waals surface area contributed by atoms with Crippen molar-refractivity contribution in [1.29, 1.82) is 0 Å². The molecule has 2 aliphatic rings. The first-order valence-corrected chi connectivity index (χ1v) is 8.34. The van der Waals surface area contributed by atoms with Gasteiger partial charge in [0.25, 0.3) is 0 Å². The highest BCUT2D eigenvalue weighted by molar-refractivity contribution is 5.85. The average Bonchev–Trinajstić information content (AvgIpc) is 2.67. The van der Waals surface area contributed by atoms with Crippen molar-refractivity contribution in [2.75, 3.05) is 0 Å². The number of hydrogen-bond acceptors (Lipinski definition) is 2. The number of carbonyl (C=O) groups is 1. The van der Waals surface area contributed by atoms with Crippen LogP contribution < -0.4 is 5.32 Å². The summed E-state index contributed by atoms with van der Waals surface area (Å²) < 4.78 is 0. The molecule has 0 aromatic heterocycles. The quantitative estimate of drug-likeness (QED) is 0.859. The number of amides is 1. The van der Waals surface area contributed by atoms with Crippen LogP contribution in [-0.4, -0.2) is 29.1 Å². The van der Waals surface area contributed by atoms with E-state index >= 15 is 0 Å². The Bertz CT molecular complexity index is 362. The lowest BCUT2D eigenvalue weighted by atomic mass is 9.72. The molecule has 1 heterocycles. The lowest BCUT2D eigenvalue weighted by Crippen LogP contribution is -2.54. The molecule has 0 aromatic rings. The molecule has 1 aliphatic carbocycles. The molecular formula is C17H32N2O. The predicted molar refractivity (Wildman–Crippen MR) is 83.3 cm³/mol. The molecule has 1 amide bonds. The third-order valence-corrected chi connectivity index (χ3v) is 5.26. The van der Waals surface area contributed by atoms with Gasteiger partial charge >= 0.3 is 0 Å². The van der Waals surface area contributed by atoms with E-state index in [4.69, 9.17) is 0 Å². The fourth-order valence-corrected chi connectivity index (χ4v) is 3.96. The summed E-state index contributed by atoms with van der Waals surface area (Å²) in [6.07, 6.45) is 5.17. The second-order valence-electron chi connectivity index (χ2n) is 8.07. The zero-order valence-corrected chi connectivity index (χ0v) is 14.1. The topological polar surface area (TPSA) is 32.3 Å². The van der Waals surface area contributed by atoms with E-state index in [-0.39, 0.29) is 17.6 Å². The van der Waals surface area contributed by atoms with Crippen molar-refractivity contribution in [2.45, 2.75) is 85.5 Å². The van der Waals surface area contributed by atoms with E-state index in [0.29, 0.717) is 23.8 Å². The molecule has 116 valence electrons. The average molecular weight is 280 g/mol. The highest BCUT2D eigenvalue weighted by Gasteiger charge is 2.48. The molecule has 1 N–H and O–H groups in total. The molecule has 3 nitrogen and oxygen atoms in total. The van der Waals surface area contributed by atoms with Crippen LogP contribution in [0, 0.1) is 17.3 Å². The summed E-state index contributed by atoms with van der Waals surface area (Å²) in [4.78, 5) is 15.1. The van der Waals surface area contributed by atoms with E-state index in [0.717, 1.165) is 6.42 Å². The molecule has 2 rings (SSSR count). The Morgan fingerprint density at radius 2 is 1.80 bits per heavy atom. The van der Waals surface area contributed by atoms with Crippen molar-refractivity contribution in [2.24, 2.45) is 17.3 Å². The summed E-state index contributed by atoms with van der Waals surface area (Å²) in [5, 5.41) is 3.60. The molecule has 1 aliphatic heterocycles. The molecule has 0 spiro atoms. The smallest absolute Gasteiger partial charge is 0.241 e. The normalized spacial score (nSPS) is 34.3. The van der Waals surface area contributed by atoms with Gasteiger partial charge in [-0.3, -0.25) is 10.1 Å². The van der Waals surface area contributed by atoms with Gasteiger partial charge in [0.15, 0.2) is 0 Å². The van der Waals surface area contributed by atoms with Crippen LogP contribution in [0.5, 0.6) is 0 Å². The minimum atomic E-state index is 0.000117. The van der Waals surface area contributed by atoms with Crippen molar-refractivity contribution >= 4 is 5.91 Å². The summed E-state index contributed by atoms with van der Waals surface area (Å²) in [6.45, 7) is 13.4. The number of carbonyl (C=O) groups excluding carboxylic acids is 1. The molecule has 1 saturated heterocycles. The second-order valence-corrected chi connectivity index (χ2v) is 8.07. The predicted octanol–water partition coefficient (Wildman–Crippen LogP) is 3.39. The molecule has 20 heavy (non-hydrogen) atoms. The molecule has 2 fully saturated rings. The maximum atomic E-state index is 12.9. The fraction of sp³-hybridized carbons (Fsp3) is 0.941. The summed E-state index contributed by atoms with van der Waals surface area (Å²) in [5.74, 6) is 1.15. The van der Waals surface area contributed by atoms with E-state index in [2.05, 4.69) is 51.8 Å². The number of nitrogens with one attached hydrogen (secondary N) is 1. The van der Waals surface area contributed by atoms with Gasteiger partial charge in [-0.05, 0) is 30.1 Å². The SMILES string of the molecule is CC(C)C1NC(C(C)C)N(C2CCCCC2(C)C)C1=O. The van der Waals surface area contributed by atoms with Gasteiger partial charge < -0.3 is 4.90 Å². The minimum Gasteiger partial charge on any atom is -0.322 e. The Labute approximate surface area is 124 Å². The van der Waals surface area contributed by atoms with Gasteiger partial charge in [0.05, 0.1) is 12.2 Å². The van der Waals surface area contributed by atoms with E-state index in [1.807, 2.05) is 0 Å². The van der Waals surface area contributed by atoms with Crippen molar-refractivity contribution in [3.05, 3.63) is 0 Å².